The number of rotatable bonds is 3. The number of amides is 2. The molecule has 0 bridgehead atoms. The molecular formula is C18H29NO5Si. The number of carbonyl (C=O) groups excluding carboxylic acids is 2. The second kappa shape index (κ2) is 5.98. The van der Waals surface area contributed by atoms with Gasteiger partial charge < -0.3 is 13.6 Å². The van der Waals surface area contributed by atoms with E-state index in [4.69, 9.17) is 13.6 Å². The van der Waals surface area contributed by atoms with E-state index in [1.807, 2.05) is 0 Å². The predicted octanol–water partition coefficient (Wildman–Crippen LogP) is 4.27. The summed E-state index contributed by atoms with van der Waals surface area (Å²) in [6.07, 6.45) is 0.855. The van der Waals surface area contributed by atoms with Gasteiger partial charge in [0.05, 0.1) is 12.8 Å². The molecule has 1 unspecified atom stereocenters. The zero-order chi connectivity index (χ0) is 19.3. The van der Waals surface area contributed by atoms with Gasteiger partial charge in [-0.1, -0.05) is 20.8 Å². The van der Waals surface area contributed by atoms with Gasteiger partial charge in [0, 0.05) is 0 Å². The standard InChI is InChI=1S/C18H29NO5Si/c1-16(2,3)23-15(21)19-12-18(14(19)20,13-10-9-11-22-13)24-25(7,8)17(4,5)6/h9-11H,12H2,1-8H3. The maximum Gasteiger partial charge on any atom is 0.417 e. The maximum absolute atomic E-state index is 13.0. The molecule has 7 heteroatoms. The molecule has 0 radical (unpaired) electrons. The van der Waals surface area contributed by atoms with E-state index in [1.165, 1.54) is 6.26 Å². The van der Waals surface area contributed by atoms with Gasteiger partial charge in [-0.2, -0.15) is 0 Å². The van der Waals surface area contributed by atoms with Crippen LogP contribution in [0.15, 0.2) is 22.8 Å². The van der Waals surface area contributed by atoms with Gasteiger partial charge in [0.2, 0.25) is 5.60 Å². The van der Waals surface area contributed by atoms with Gasteiger partial charge in [0.15, 0.2) is 8.32 Å². The summed E-state index contributed by atoms with van der Waals surface area (Å²) in [4.78, 5) is 26.3. The first-order chi connectivity index (χ1) is 11.2. The Morgan fingerprint density at radius 2 is 1.84 bits per heavy atom. The monoisotopic (exact) mass is 367 g/mol. The van der Waals surface area contributed by atoms with Crippen molar-refractivity contribution >= 4 is 20.3 Å². The van der Waals surface area contributed by atoms with Crippen LogP contribution in [0.3, 0.4) is 0 Å². The van der Waals surface area contributed by atoms with Crippen LogP contribution >= 0.6 is 0 Å². The zero-order valence-corrected chi connectivity index (χ0v) is 17.4. The Morgan fingerprint density at radius 3 is 2.24 bits per heavy atom. The molecule has 0 aliphatic carbocycles. The molecule has 1 aliphatic heterocycles. The first-order valence-corrected chi connectivity index (χ1v) is 11.4. The van der Waals surface area contributed by atoms with Crippen molar-refractivity contribution in [1.29, 1.82) is 0 Å². The number of likely N-dealkylation sites (tertiary alicyclic amines) is 1. The van der Waals surface area contributed by atoms with Crippen LogP contribution in [0.2, 0.25) is 18.1 Å². The van der Waals surface area contributed by atoms with E-state index in [0.717, 1.165) is 4.90 Å². The van der Waals surface area contributed by atoms with Crippen molar-refractivity contribution in [2.24, 2.45) is 0 Å². The van der Waals surface area contributed by atoms with Gasteiger partial charge in [-0.15, -0.1) is 0 Å². The number of imide groups is 1. The highest BCUT2D eigenvalue weighted by Crippen LogP contribution is 2.46. The largest absolute Gasteiger partial charge is 0.466 e. The zero-order valence-electron chi connectivity index (χ0n) is 16.4. The molecular weight excluding hydrogens is 338 g/mol. The molecule has 25 heavy (non-hydrogen) atoms. The fourth-order valence-electron chi connectivity index (χ4n) is 2.36. The number of nitrogens with zero attached hydrogens (tertiary/aromatic N) is 1. The highest BCUT2D eigenvalue weighted by atomic mass is 28.4. The lowest BCUT2D eigenvalue weighted by atomic mass is 9.90. The van der Waals surface area contributed by atoms with Crippen molar-refractivity contribution in [1.82, 2.24) is 4.90 Å². The average molecular weight is 368 g/mol. The van der Waals surface area contributed by atoms with Crippen molar-refractivity contribution in [3.63, 3.8) is 0 Å². The van der Waals surface area contributed by atoms with Crippen LogP contribution in [-0.2, 0) is 19.6 Å². The molecule has 2 amide bonds. The van der Waals surface area contributed by atoms with Gasteiger partial charge in [-0.3, -0.25) is 4.79 Å². The summed E-state index contributed by atoms with van der Waals surface area (Å²) in [5.74, 6) is 0.00339. The highest BCUT2D eigenvalue weighted by molar-refractivity contribution is 6.74. The minimum Gasteiger partial charge on any atom is -0.466 e. The van der Waals surface area contributed by atoms with Gasteiger partial charge in [0.1, 0.15) is 11.4 Å². The molecule has 1 aliphatic rings. The van der Waals surface area contributed by atoms with Gasteiger partial charge >= 0.3 is 6.09 Å². The first kappa shape index (κ1) is 19.7. The number of β-lactam (4-membered cyclic amide) rings is 1. The number of hydrogen-bond acceptors (Lipinski definition) is 5. The molecule has 140 valence electrons. The molecule has 1 saturated heterocycles. The van der Waals surface area contributed by atoms with Gasteiger partial charge in [-0.05, 0) is 51.0 Å². The second-order valence-electron chi connectivity index (χ2n) is 9.04. The van der Waals surface area contributed by atoms with Crippen LogP contribution in [0.4, 0.5) is 4.79 Å². The Morgan fingerprint density at radius 1 is 1.24 bits per heavy atom. The fourth-order valence-corrected chi connectivity index (χ4v) is 3.79. The second-order valence-corrected chi connectivity index (χ2v) is 13.8. The van der Waals surface area contributed by atoms with Crippen LogP contribution in [-0.4, -0.2) is 37.4 Å². The van der Waals surface area contributed by atoms with Crippen LogP contribution in [0, 0.1) is 0 Å². The van der Waals surface area contributed by atoms with Crippen molar-refractivity contribution in [3.8, 4) is 0 Å². The molecule has 0 saturated carbocycles. The third kappa shape index (κ3) is 3.67. The third-order valence-corrected chi connectivity index (χ3v) is 9.21. The van der Waals surface area contributed by atoms with E-state index in [2.05, 4.69) is 33.9 Å². The summed E-state index contributed by atoms with van der Waals surface area (Å²) in [7, 11) is -2.28. The molecule has 6 nitrogen and oxygen atoms in total. The summed E-state index contributed by atoms with van der Waals surface area (Å²) in [5, 5.41) is -0.0841. The highest BCUT2D eigenvalue weighted by Gasteiger charge is 2.63. The quantitative estimate of drug-likeness (QED) is 0.589. The van der Waals surface area contributed by atoms with Crippen LogP contribution in [0.25, 0.3) is 0 Å². The molecule has 0 aromatic carbocycles. The van der Waals surface area contributed by atoms with Crippen molar-refractivity contribution < 1.29 is 23.2 Å². The summed E-state index contributed by atoms with van der Waals surface area (Å²) >= 11 is 0. The minimum atomic E-state index is -2.28. The summed E-state index contributed by atoms with van der Waals surface area (Å²) in [5.41, 5.74) is -1.91. The number of hydrogen-bond donors (Lipinski definition) is 0. The molecule has 0 spiro atoms. The van der Waals surface area contributed by atoms with Crippen molar-refractivity contribution in [2.75, 3.05) is 6.54 Å². The summed E-state index contributed by atoms with van der Waals surface area (Å²) < 4.78 is 17.2. The number of furan rings is 1. The van der Waals surface area contributed by atoms with Crippen LogP contribution in [0.5, 0.6) is 0 Å². The predicted molar refractivity (Wildman–Crippen MR) is 96.6 cm³/mol. The summed E-state index contributed by atoms with van der Waals surface area (Å²) in [6, 6.07) is 3.44. The Balaban J connectivity index is 2.30. The van der Waals surface area contributed by atoms with Gasteiger partial charge in [0.25, 0.3) is 5.91 Å². The van der Waals surface area contributed by atoms with Crippen LogP contribution in [0.1, 0.15) is 47.3 Å². The molecule has 0 N–H and O–H groups in total. The topological polar surface area (TPSA) is 69.0 Å². The molecule has 1 aromatic rings. The lowest BCUT2D eigenvalue weighted by molar-refractivity contribution is -0.174. The molecule has 1 atom stereocenters. The fraction of sp³-hybridized carbons (Fsp3) is 0.667. The number of ether oxygens (including phenoxy) is 1. The van der Waals surface area contributed by atoms with E-state index >= 15 is 0 Å². The maximum atomic E-state index is 13.0. The molecule has 2 heterocycles. The van der Waals surface area contributed by atoms with E-state index in [9.17, 15) is 9.59 Å². The van der Waals surface area contributed by atoms with Gasteiger partial charge in [-0.25, -0.2) is 9.69 Å². The van der Waals surface area contributed by atoms with E-state index in [0.29, 0.717) is 5.76 Å². The normalized spacial score (nSPS) is 21.9. The van der Waals surface area contributed by atoms with Crippen LogP contribution < -0.4 is 0 Å². The summed E-state index contributed by atoms with van der Waals surface area (Å²) in [6.45, 7) is 15.8. The lowest BCUT2D eigenvalue weighted by Gasteiger charge is -2.51. The molecule has 1 aromatic heterocycles. The number of carbonyl (C=O) groups is 2. The third-order valence-electron chi connectivity index (χ3n) is 4.74. The SMILES string of the molecule is CC(C)(C)OC(=O)N1CC(O[Si](C)(C)C(C)(C)C)(c2ccco2)C1=O. The lowest BCUT2D eigenvalue weighted by Crippen LogP contribution is -2.70. The van der Waals surface area contributed by atoms with E-state index < -0.39 is 31.5 Å². The molecule has 1 fully saturated rings. The molecule has 2 rings (SSSR count). The van der Waals surface area contributed by atoms with Crippen molar-refractivity contribution in [3.05, 3.63) is 24.2 Å². The Hall–Kier alpha value is -1.60. The van der Waals surface area contributed by atoms with E-state index in [-0.39, 0.29) is 11.6 Å². The van der Waals surface area contributed by atoms with E-state index in [1.54, 1.807) is 32.9 Å². The van der Waals surface area contributed by atoms with Crippen molar-refractivity contribution in [2.45, 2.75) is 70.9 Å². The Labute approximate surface area is 150 Å². The minimum absolute atomic E-state index is 0.0841. The Bertz CT molecular complexity index is 654. The smallest absolute Gasteiger partial charge is 0.417 e. The average Bonchev–Trinajstić information content (AvgIpc) is 2.93. The first-order valence-electron chi connectivity index (χ1n) is 8.49. The Kier molecular flexibility index (Phi) is 4.72.